The van der Waals surface area contributed by atoms with Crippen molar-refractivity contribution < 1.29 is 19.2 Å². The number of hydrogen-bond donors (Lipinski definition) is 0. The van der Waals surface area contributed by atoms with Crippen LogP contribution in [0.2, 0.25) is 0 Å². The van der Waals surface area contributed by atoms with Crippen LogP contribution in [0, 0.1) is 15.5 Å². The molecule has 0 atom stereocenters. The number of anilines is 1. The lowest BCUT2D eigenvalue weighted by Gasteiger charge is -2.40. The van der Waals surface area contributed by atoms with E-state index in [1.807, 2.05) is 25.7 Å². The Bertz CT molecular complexity index is 751. The zero-order valence-corrected chi connectivity index (χ0v) is 17.1. The van der Waals surface area contributed by atoms with Gasteiger partial charge in [-0.3, -0.25) is 10.1 Å². The van der Waals surface area contributed by atoms with E-state index in [1.165, 1.54) is 13.2 Å². The Morgan fingerprint density at radius 1 is 1.18 bits per heavy atom. The Labute approximate surface area is 165 Å². The highest BCUT2D eigenvalue weighted by Crippen LogP contribution is 2.42. The van der Waals surface area contributed by atoms with Gasteiger partial charge in [0.15, 0.2) is 5.75 Å². The van der Waals surface area contributed by atoms with Crippen LogP contribution in [-0.4, -0.2) is 54.8 Å². The standard InChI is InChI=1S/C20H29N3O5/c1-19(2,3)28-18(24)22-12-9-20(14-22)7-10-21(11-8-20)15-5-6-16(23(25)26)17(13-15)27-4/h5-6,13H,7-12,14H2,1-4H3. The molecule has 3 rings (SSSR count). The van der Waals surface area contributed by atoms with Crippen LogP contribution in [0.4, 0.5) is 16.2 Å². The Morgan fingerprint density at radius 2 is 1.82 bits per heavy atom. The van der Waals surface area contributed by atoms with Gasteiger partial charge >= 0.3 is 11.8 Å². The first-order valence-corrected chi connectivity index (χ1v) is 9.68. The van der Waals surface area contributed by atoms with Crippen molar-refractivity contribution in [2.75, 3.05) is 38.2 Å². The lowest BCUT2D eigenvalue weighted by molar-refractivity contribution is -0.385. The minimum Gasteiger partial charge on any atom is -0.490 e. The number of carbonyl (C=O) groups excluding carboxylic acids is 1. The molecule has 154 valence electrons. The summed E-state index contributed by atoms with van der Waals surface area (Å²) in [7, 11) is 1.45. The first kappa shape index (κ1) is 20.2. The number of benzene rings is 1. The fraction of sp³-hybridized carbons (Fsp3) is 0.650. The van der Waals surface area contributed by atoms with Crippen molar-refractivity contribution >= 4 is 17.5 Å². The first-order valence-electron chi connectivity index (χ1n) is 9.68. The Morgan fingerprint density at radius 3 is 2.39 bits per heavy atom. The van der Waals surface area contributed by atoms with Crippen LogP contribution in [0.5, 0.6) is 5.75 Å². The highest BCUT2D eigenvalue weighted by Gasteiger charge is 2.43. The van der Waals surface area contributed by atoms with Gasteiger partial charge in [0, 0.05) is 44.0 Å². The Balaban J connectivity index is 1.62. The highest BCUT2D eigenvalue weighted by molar-refractivity contribution is 5.68. The van der Waals surface area contributed by atoms with Crippen LogP contribution < -0.4 is 9.64 Å². The van der Waals surface area contributed by atoms with Crippen molar-refractivity contribution in [3.05, 3.63) is 28.3 Å². The fourth-order valence-corrected chi connectivity index (χ4v) is 4.08. The monoisotopic (exact) mass is 391 g/mol. The van der Waals surface area contributed by atoms with Crippen molar-refractivity contribution in [1.29, 1.82) is 0 Å². The van der Waals surface area contributed by atoms with E-state index in [9.17, 15) is 14.9 Å². The molecule has 0 saturated carbocycles. The predicted octanol–water partition coefficient (Wildman–Crippen LogP) is 3.83. The number of nitrogens with zero attached hydrogens (tertiary/aromatic N) is 3. The van der Waals surface area contributed by atoms with E-state index < -0.39 is 10.5 Å². The van der Waals surface area contributed by atoms with Gasteiger partial charge in [0.05, 0.1) is 12.0 Å². The largest absolute Gasteiger partial charge is 0.490 e. The van der Waals surface area contributed by atoms with E-state index in [-0.39, 0.29) is 22.9 Å². The van der Waals surface area contributed by atoms with E-state index in [4.69, 9.17) is 9.47 Å². The summed E-state index contributed by atoms with van der Waals surface area (Å²) in [6.45, 7) is 8.82. The maximum Gasteiger partial charge on any atom is 0.410 e. The number of amides is 1. The van der Waals surface area contributed by atoms with Crippen LogP contribution in [0.25, 0.3) is 0 Å². The normalized spacial score (nSPS) is 19.0. The molecule has 2 fully saturated rings. The van der Waals surface area contributed by atoms with Gasteiger partial charge in [-0.1, -0.05) is 0 Å². The topological polar surface area (TPSA) is 85.2 Å². The summed E-state index contributed by atoms with van der Waals surface area (Å²) in [5.41, 5.74) is 0.562. The number of nitro benzene ring substituents is 1. The number of likely N-dealkylation sites (tertiary alicyclic amines) is 1. The number of carbonyl (C=O) groups is 1. The van der Waals surface area contributed by atoms with Crippen LogP contribution in [0.3, 0.4) is 0 Å². The predicted molar refractivity (Wildman–Crippen MR) is 106 cm³/mol. The Kier molecular flexibility index (Phi) is 5.41. The van der Waals surface area contributed by atoms with Gasteiger partial charge < -0.3 is 19.3 Å². The summed E-state index contributed by atoms with van der Waals surface area (Å²) in [5.74, 6) is 0.278. The molecule has 1 amide bonds. The number of piperidine rings is 1. The summed E-state index contributed by atoms with van der Waals surface area (Å²) in [4.78, 5) is 27.1. The second-order valence-corrected chi connectivity index (χ2v) is 8.75. The van der Waals surface area contributed by atoms with E-state index in [1.54, 1.807) is 12.1 Å². The van der Waals surface area contributed by atoms with Gasteiger partial charge in [-0.05, 0) is 51.5 Å². The van der Waals surface area contributed by atoms with E-state index in [0.29, 0.717) is 0 Å². The van der Waals surface area contributed by atoms with Crippen molar-refractivity contribution in [2.24, 2.45) is 5.41 Å². The molecule has 1 aromatic carbocycles. The number of ether oxygens (including phenoxy) is 2. The van der Waals surface area contributed by atoms with Gasteiger partial charge in [-0.2, -0.15) is 0 Å². The third kappa shape index (κ3) is 4.31. The van der Waals surface area contributed by atoms with Crippen molar-refractivity contribution in [1.82, 2.24) is 4.90 Å². The highest BCUT2D eigenvalue weighted by atomic mass is 16.6. The van der Waals surface area contributed by atoms with Crippen LogP contribution in [-0.2, 0) is 4.74 Å². The molecule has 2 heterocycles. The molecular formula is C20H29N3O5. The second kappa shape index (κ2) is 7.48. The van der Waals surface area contributed by atoms with Crippen LogP contribution in [0.1, 0.15) is 40.0 Å². The number of rotatable bonds is 3. The minimum atomic E-state index is -0.481. The zero-order chi connectivity index (χ0) is 20.5. The smallest absolute Gasteiger partial charge is 0.410 e. The third-order valence-corrected chi connectivity index (χ3v) is 5.64. The molecule has 2 aliphatic heterocycles. The van der Waals surface area contributed by atoms with E-state index >= 15 is 0 Å². The lowest BCUT2D eigenvalue weighted by atomic mass is 9.77. The van der Waals surface area contributed by atoms with Crippen molar-refractivity contribution in [3.63, 3.8) is 0 Å². The molecule has 2 aliphatic rings. The molecule has 1 spiro atoms. The Hall–Kier alpha value is -2.51. The number of hydrogen-bond acceptors (Lipinski definition) is 6. The van der Waals surface area contributed by atoms with Crippen LogP contribution in [0.15, 0.2) is 18.2 Å². The molecular weight excluding hydrogens is 362 g/mol. The van der Waals surface area contributed by atoms with Crippen LogP contribution >= 0.6 is 0 Å². The van der Waals surface area contributed by atoms with Gasteiger partial charge in [0.1, 0.15) is 5.60 Å². The van der Waals surface area contributed by atoms with Gasteiger partial charge in [0.2, 0.25) is 0 Å². The molecule has 0 N–H and O–H groups in total. The molecule has 8 nitrogen and oxygen atoms in total. The minimum absolute atomic E-state index is 0.0245. The maximum absolute atomic E-state index is 12.4. The molecule has 0 aliphatic carbocycles. The van der Waals surface area contributed by atoms with E-state index in [2.05, 4.69) is 4.90 Å². The average Bonchev–Trinajstić information content (AvgIpc) is 3.04. The third-order valence-electron chi connectivity index (χ3n) is 5.64. The molecule has 28 heavy (non-hydrogen) atoms. The molecule has 8 heteroatoms. The van der Waals surface area contributed by atoms with E-state index in [0.717, 1.165) is 51.1 Å². The summed E-state index contributed by atoms with van der Waals surface area (Å²) in [6, 6.07) is 5.01. The van der Waals surface area contributed by atoms with Gasteiger partial charge in [0.25, 0.3) is 0 Å². The fourth-order valence-electron chi connectivity index (χ4n) is 4.08. The molecule has 1 aromatic rings. The zero-order valence-electron chi connectivity index (χ0n) is 17.1. The quantitative estimate of drug-likeness (QED) is 0.575. The molecule has 0 bridgehead atoms. The summed E-state index contributed by atoms with van der Waals surface area (Å²) < 4.78 is 10.7. The van der Waals surface area contributed by atoms with Crippen molar-refractivity contribution in [3.8, 4) is 5.75 Å². The summed E-state index contributed by atoms with van der Waals surface area (Å²) in [6.07, 6.45) is 2.72. The lowest BCUT2D eigenvalue weighted by Crippen LogP contribution is -2.43. The summed E-state index contributed by atoms with van der Waals surface area (Å²) >= 11 is 0. The van der Waals surface area contributed by atoms with Gasteiger partial charge in [-0.25, -0.2) is 4.79 Å². The second-order valence-electron chi connectivity index (χ2n) is 8.75. The maximum atomic E-state index is 12.4. The summed E-state index contributed by atoms with van der Waals surface area (Å²) in [5, 5.41) is 11.1. The van der Waals surface area contributed by atoms with Gasteiger partial charge in [-0.15, -0.1) is 0 Å². The molecule has 2 saturated heterocycles. The molecule has 0 radical (unpaired) electrons. The van der Waals surface area contributed by atoms with Crippen molar-refractivity contribution in [2.45, 2.75) is 45.6 Å². The average molecular weight is 391 g/mol. The molecule has 0 unspecified atom stereocenters. The number of nitro groups is 1. The SMILES string of the molecule is COc1cc(N2CCC3(CCN(C(=O)OC(C)(C)C)C3)CC2)ccc1[N+](=O)[O-]. The first-order chi connectivity index (χ1) is 13.1. The number of methoxy groups -OCH3 is 1. The molecule has 0 aromatic heterocycles.